The van der Waals surface area contributed by atoms with Gasteiger partial charge in [-0.05, 0) is 132 Å². The third-order valence-electron chi connectivity index (χ3n) is 14.1. The van der Waals surface area contributed by atoms with Crippen LogP contribution in [0.15, 0.2) is 0 Å². The summed E-state index contributed by atoms with van der Waals surface area (Å²) in [6.45, 7) is 19.8. The van der Waals surface area contributed by atoms with Crippen molar-refractivity contribution in [2.45, 2.75) is 149 Å². The van der Waals surface area contributed by atoms with Crippen molar-refractivity contribution >= 4 is 5.78 Å². The number of rotatable bonds is 3. The first-order valence-corrected chi connectivity index (χ1v) is 15.0. The van der Waals surface area contributed by atoms with Gasteiger partial charge in [-0.1, -0.05) is 34.6 Å². The van der Waals surface area contributed by atoms with E-state index in [4.69, 9.17) is 4.74 Å². The van der Waals surface area contributed by atoms with Gasteiger partial charge in [0, 0.05) is 5.41 Å². The Labute approximate surface area is 220 Å². The van der Waals surface area contributed by atoms with Crippen LogP contribution in [-0.4, -0.2) is 38.9 Å². The molecule has 1 aliphatic heterocycles. The van der Waals surface area contributed by atoms with Crippen LogP contribution in [0.3, 0.4) is 0 Å². The maximum Gasteiger partial charge on any atom is 0.161 e. The molecule has 4 nitrogen and oxygen atoms in total. The monoisotopic (exact) mass is 502 g/mol. The Morgan fingerprint density at radius 3 is 2.00 bits per heavy atom. The normalized spacial score (nSPS) is 54.5. The van der Waals surface area contributed by atoms with Crippen LogP contribution in [0, 0.1) is 45.3 Å². The number of carbonyl (C=O) groups is 1. The highest BCUT2D eigenvalue weighted by atomic mass is 16.5. The number of ketones is 1. The Morgan fingerprint density at radius 1 is 0.778 bits per heavy atom. The molecule has 0 aromatic rings. The molecule has 1 heterocycles. The number of aliphatic hydroxyl groups is 2. The topological polar surface area (TPSA) is 66.8 Å². The Kier molecular flexibility index (Phi) is 5.89. The first-order chi connectivity index (χ1) is 16.4. The van der Waals surface area contributed by atoms with E-state index in [1.165, 1.54) is 32.1 Å². The van der Waals surface area contributed by atoms with Gasteiger partial charge in [-0.25, -0.2) is 0 Å². The molecule has 0 amide bonds. The highest BCUT2D eigenvalue weighted by Crippen LogP contribution is 2.76. The second-order valence-electron chi connectivity index (χ2n) is 16.1. The predicted octanol–water partition coefficient (Wildman–Crippen LogP) is 6.70. The molecule has 4 saturated carbocycles. The minimum absolute atomic E-state index is 0.0497. The average Bonchev–Trinajstić information content (AvgIpc) is 3.33. The summed E-state index contributed by atoms with van der Waals surface area (Å²) in [5.41, 5.74) is -1.82. The second-order valence-corrected chi connectivity index (χ2v) is 16.1. The molecule has 1 saturated heterocycles. The van der Waals surface area contributed by atoms with Crippen LogP contribution in [0.4, 0.5) is 0 Å². The van der Waals surface area contributed by atoms with Gasteiger partial charge in [0.25, 0.3) is 0 Å². The first-order valence-electron chi connectivity index (χ1n) is 15.0. The van der Waals surface area contributed by atoms with Gasteiger partial charge in [-0.15, -0.1) is 0 Å². The van der Waals surface area contributed by atoms with Crippen molar-refractivity contribution in [3.05, 3.63) is 0 Å². The molecule has 0 bridgehead atoms. The molecule has 0 radical (unpaired) electrons. The zero-order chi connectivity index (χ0) is 26.7. The van der Waals surface area contributed by atoms with Gasteiger partial charge >= 0.3 is 0 Å². The minimum Gasteiger partial charge on any atom is -0.388 e. The van der Waals surface area contributed by atoms with Crippen LogP contribution < -0.4 is 0 Å². The number of ether oxygens (including phenoxy) is 1. The molecule has 2 N–H and O–H groups in total. The van der Waals surface area contributed by atoms with Crippen LogP contribution >= 0.6 is 0 Å². The van der Waals surface area contributed by atoms with Gasteiger partial charge in [0.15, 0.2) is 5.78 Å². The van der Waals surface area contributed by atoms with Crippen LogP contribution in [0.1, 0.15) is 127 Å². The van der Waals surface area contributed by atoms with Crippen molar-refractivity contribution in [3.63, 3.8) is 0 Å². The largest absolute Gasteiger partial charge is 0.388 e. The van der Waals surface area contributed by atoms with E-state index < -0.39 is 16.6 Å². The number of hydrogen-bond donors (Lipinski definition) is 2. The lowest BCUT2D eigenvalue weighted by Gasteiger charge is -2.71. The highest BCUT2D eigenvalue weighted by Gasteiger charge is 2.71. The summed E-state index contributed by atoms with van der Waals surface area (Å²) in [7, 11) is 0. The van der Waals surface area contributed by atoms with Crippen LogP contribution in [-0.2, 0) is 9.53 Å². The van der Waals surface area contributed by atoms with Crippen molar-refractivity contribution in [3.8, 4) is 0 Å². The summed E-state index contributed by atoms with van der Waals surface area (Å²) < 4.78 is 6.73. The quantitative estimate of drug-likeness (QED) is 0.451. The fourth-order valence-electron chi connectivity index (χ4n) is 11.7. The molecule has 206 valence electrons. The van der Waals surface area contributed by atoms with Crippen LogP contribution in [0.25, 0.3) is 0 Å². The average molecular weight is 503 g/mol. The van der Waals surface area contributed by atoms with Crippen LogP contribution in [0.5, 0.6) is 0 Å². The second kappa shape index (κ2) is 7.81. The molecule has 1 unspecified atom stereocenters. The molecule has 4 aliphatic carbocycles. The molecule has 4 heteroatoms. The lowest BCUT2D eigenvalue weighted by Crippen LogP contribution is -2.68. The molecule has 5 rings (SSSR count). The summed E-state index contributed by atoms with van der Waals surface area (Å²) in [5, 5.41) is 22.2. The van der Waals surface area contributed by atoms with E-state index in [0.29, 0.717) is 30.1 Å². The van der Waals surface area contributed by atoms with Gasteiger partial charge < -0.3 is 14.9 Å². The first kappa shape index (κ1) is 27.1. The summed E-state index contributed by atoms with van der Waals surface area (Å²) in [6.07, 6.45) is 10.8. The van der Waals surface area contributed by atoms with Gasteiger partial charge in [-0.2, -0.15) is 0 Å². The number of Topliss-reactive ketones (excluding diaryl/α,β-unsaturated/α-hetero) is 1. The third kappa shape index (κ3) is 3.25. The van der Waals surface area contributed by atoms with Crippen molar-refractivity contribution in [1.29, 1.82) is 0 Å². The molecule has 36 heavy (non-hydrogen) atoms. The zero-order valence-electron chi connectivity index (χ0n) is 24.7. The fraction of sp³-hybridized carbons (Fsp3) is 0.969. The standard InChI is InChI=1S/C32H54O4/c1-20(33)32(35)19-18-28(6)23(26(32,2)3)13-16-30(8)24(28)11-10-21-22(12-15-29(21,30)7)31(9)17-14-25(36-31)27(4,5)34/h21-25,34-35H,10-19H2,1-9H3/t21-,22-,23?,24+,25+,28-,29-,30+,31-,32-/m0/s1. The van der Waals surface area contributed by atoms with E-state index in [-0.39, 0.29) is 33.7 Å². The number of fused-ring (bicyclic) bond motifs is 5. The van der Waals surface area contributed by atoms with Gasteiger partial charge in [-0.3, -0.25) is 4.79 Å². The fourth-order valence-corrected chi connectivity index (χ4v) is 11.7. The van der Waals surface area contributed by atoms with E-state index >= 15 is 0 Å². The lowest BCUT2D eigenvalue weighted by atomic mass is 9.34. The van der Waals surface area contributed by atoms with Gasteiger partial charge in [0.2, 0.25) is 0 Å². The Hall–Kier alpha value is -0.450. The van der Waals surface area contributed by atoms with Gasteiger partial charge in [0.1, 0.15) is 5.60 Å². The summed E-state index contributed by atoms with van der Waals surface area (Å²) in [4.78, 5) is 12.7. The molecular formula is C32H54O4. The maximum absolute atomic E-state index is 12.7. The predicted molar refractivity (Wildman–Crippen MR) is 143 cm³/mol. The Morgan fingerprint density at radius 2 is 1.42 bits per heavy atom. The summed E-state index contributed by atoms with van der Waals surface area (Å²) in [5.74, 6) is 2.16. The zero-order valence-corrected chi connectivity index (χ0v) is 24.7. The molecule has 10 atom stereocenters. The lowest BCUT2D eigenvalue weighted by molar-refractivity contribution is -0.245. The van der Waals surface area contributed by atoms with E-state index in [1.54, 1.807) is 6.92 Å². The molecular weight excluding hydrogens is 448 g/mol. The SMILES string of the molecule is CC(=O)[C@@]1(O)CC[C@@]2(C)C(CC[C@]3(C)[C@@H]2CC[C@H]2[C@@H]([C@]4(C)CC[C@H](C(C)(C)O)O4)CC[C@@]23C)C1(C)C. The maximum atomic E-state index is 12.7. The molecule has 0 aromatic heterocycles. The minimum atomic E-state index is -1.20. The number of carbonyl (C=O) groups excluding carboxylic acids is 1. The Bertz CT molecular complexity index is 920. The molecule has 0 aromatic carbocycles. The van der Waals surface area contributed by atoms with Crippen molar-refractivity contribution < 1.29 is 19.7 Å². The highest BCUT2D eigenvalue weighted by molar-refractivity contribution is 5.86. The number of hydrogen-bond acceptors (Lipinski definition) is 4. The molecule has 5 aliphatic rings. The molecule has 0 spiro atoms. The molecule has 5 fully saturated rings. The van der Waals surface area contributed by atoms with E-state index in [1.807, 2.05) is 13.8 Å². The summed E-state index contributed by atoms with van der Waals surface area (Å²) in [6, 6.07) is 0. The van der Waals surface area contributed by atoms with Crippen molar-refractivity contribution in [1.82, 2.24) is 0 Å². The van der Waals surface area contributed by atoms with Crippen molar-refractivity contribution in [2.24, 2.45) is 45.3 Å². The van der Waals surface area contributed by atoms with E-state index in [9.17, 15) is 15.0 Å². The van der Waals surface area contributed by atoms with Crippen molar-refractivity contribution in [2.75, 3.05) is 0 Å². The summed E-state index contributed by atoms with van der Waals surface area (Å²) >= 11 is 0. The van der Waals surface area contributed by atoms with E-state index in [2.05, 4.69) is 41.5 Å². The van der Waals surface area contributed by atoms with Gasteiger partial charge in [0.05, 0.1) is 17.3 Å². The van der Waals surface area contributed by atoms with E-state index in [0.717, 1.165) is 25.7 Å². The van der Waals surface area contributed by atoms with Crippen LogP contribution in [0.2, 0.25) is 0 Å². The smallest absolute Gasteiger partial charge is 0.161 e. The third-order valence-corrected chi connectivity index (χ3v) is 14.1. The Balaban J connectivity index is 1.45.